The Bertz CT molecular complexity index is 1200. The molecule has 154 valence electrons. The lowest BCUT2D eigenvalue weighted by Crippen LogP contribution is -2.47. The van der Waals surface area contributed by atoms with Gasteiger partial charge in [0.05, 0.1) is 5.69 Å². The molecule has 2 aliphatic heterocycles. The second-order valence-electron chi connectivity index (χ2n) is 8.45. The van der Waals surface area contributed by atoms with Crippen LogP contribution in [0.5, 0.6) is 0 Å². The van der Waals surface area contributed by atoms with Crippen LogP contribution in [0.2, 0.25) is 0 Å². The van der Waals surface area contributed by atoms with Gasteiger partial charge in [-0.3, -0.25) is 4.79 Å². The van der Waals surface area contributed by atoms with Crippen molar-refractivity contribution in [2.75, 3.05) is 23.7 Å². The van der Waals surface area contributed by atoms with Crippen LogP contribution in [0.25, 0.3) is 11.3 Å². The number of rotatable bonds is 2. The topological polar surface area (TPSA) is 103 Å². The Kier molecular flexibility index (Phi) is 4.30. The number of fused-ring (bicyclic) bond motifs is 4. The van der Waals surface area contributed by atoms with E-state index in [0.717, 1.165) is 60.2 Å². The van der Waals surface area contributed by atoms with Gasteiger partial charge >= 0.3 is 0 Å². The van der Waals surface area contributed by atoms with Crippen molar-refractivity contribution in [3.63, 3.8) is 0 Å². The summed E-state index contributed by atoms with van der Waals surface area (Å²) in [6, 6.07) is 5.46. The van der Waals surface area contributed by atoms with E-state index in [-0.39, 0.29) is 11.5 Å². The zero-order valence-corrected chi connectivity index (χ0v) is 17.5. The van der Waals surface area contributed by atoms with Crippen molar-refractivity contribution in [1.29, 1.82) is 0 Å². The van der Waals surface area contributed by atoms with Crippen molar-refractivity contribution in [1.82, 2.24) is 24.5 Å². The first-order valence-corrected chi connectivity index (χ1v) is 10.3. The van der Waals surface area contributed by atoms with E-state index >= 15 is 0 Å². The molecule has 1 fully saturated rings. The molecule has 0 amide bonds. The molecule has 8 nitrogen and oxygen atoms in total. The highest BCUT2D eigenvalue weighted by Gasteiger charge is 2.36. The van der Waals surface area contributed by atoms with E-state index in [1.165, 1.54) is 6.33 Å². The van der Waals surface area contributed by atoms with Gasteiger partial charge in [0.25, 0.3) is 5.56 Å². The normalized spacial score (nSPS) is 20.2. The number of anilines is 2. The largest absolute Gasteiger partial charge is 0.384 e. The Morgan fingerprint density at radius 3 is 2.67 bits per heavy atom. The van der Waals surface area contributed by atoms with Crippen molar-refractivity contribution in [2.24, 2.45) is 5.92 Å². The Hall–Kier alpha value is -3.29. The van der Waals surface area contributed by atoms with Gasteiger partial charge in [0.1, 0.15) is 23.8 Å². The van der Waals surface area contributed by atoms with Gasteiger partial charge in [0.15, 0.2) is 0 Å². The molecular weight excluding hydrogens is 378 g/mol. The van der Waals surface area contributed by atoms with Gasteiger partial charge in [-0.25, -0.2) is 19.9 Å². The highest BCUT2D eigenvalue weighted by atomic mass is 16.1. The van der Waals surface area contributed by atoms with E-state index in [0.29, 0.717) is 17.4 Å². The van der Waals surface area contributed by atoms with Crippen LogP contribution in [0.1, 0.15) is 35.1 Å². The minimum atomic E-state index is 0.0211. The van der Waals surface area contributed by atoms with Crippen molar-refractivity contribution >= 4 is 11.6 Å². The Balaban J connectivity index is 1.55. The first-order chi connectivity index (χ1) is 14.4. The predicted octanol–water partition coefficient (Wildman–Crippen LogP) is 2.23. The van der Waals surface area contributed by atoms with Gasteiger partial charge < -0.3 is 15.2 Å². The van der Waals surface area contributed by atoms with E-state index in [1.807, 2.05) is 18.4 Å². The Labute approximate surface area is 174 Å². The molecule has 3 aromatic rings. The summed E-state index contributed by atoms with van der Waals surface area (Å²) in [6.07, 6.45) is 2.51. The van der Waals surface area contributed by atoms with Gasteiger partial charge in [0.2, 0.25) is 0 Å². The third-order valence-corrected chi connectivity index (χ3v) is 6.32. The number of piperidine rings is 1. The number of nitrogen functional groups attached to an aromatic ring is 1. The van der Waals surface area contributed by atoms with Crippen LogP contribution >= 0.6 is 0 Å². The molecule has 8 heteroatoms. The summed E-state index contributed by atoms with van der Waals surface area (Å²) in [4.78, 5) is 32.8. The summed E-state index contributed by atoms with van der Waals surface area (Å²) >= 11 is 0. The lowest BCUT2D eigenvalue weighted by molar-refractivity contribution is 0.280. The monoisotopic (exact) mass is 403 g/mol. The molecule has 0 radical (unpaired) electrons. The summed E-state index contributed by atoms with van der Waals surface area (Å²) in [7, 11) is 0. The Morgan fingerprint density at radius 2 is 1.87 bits per heavy atom. The summed E-state index contributed by atoms with van der Waals surface area (Å²) in [5, 5.41) is 0. The zero-order valence-electron chi connectivity index (χ0n) is 17.5. The second-order valence-corrected chi connectivity index (χ2v) is 8.45. The van der Waals surface area contributed by atoms with Gasteiger partial charge in [-0.2, -0.15) is 0 Å². The van der Waals surface area contributed by atoms with Crippen LogP contribution < -0.4 is 16.2 Å². The number of nitrogens with zero attached hydrogens (tertiary/aromatic N) is 6. The number of aromatic nitrogens is 5. The molecule has 2 atom stereocenters. The zero-order chi connectivity index (χ0) is 21.0. The summed E-state index contributed by atoms with van der Waals surface area (Å²) in [5.74, 6) is 2.89. The number of hydrogen-bond donors (Lipinski definition) is 1. The molecule has 0 aromatic carbocycles. The van der Waals surface area contributed by atoms with Crippen molar-refractivity contribution < 1.29 is 0 Å². The fourth-order valence-electron chi connectivity index (χ4n) is 4.87. The standard InChI is InChI=1S/C22H25N7O/c1-12-13(2)26-14(3)27-22(12)28-8-15-4-17(10-28)19-5-16(6-21(30)29(19)9-15)18-7-20(23)25-11-24-18/h5-7,11,15,17H,4,8-10H2,1-3H3,(H2,23,24,25)/t15-,17+/m0/s1. The number of aryl methyl sites for hydroxylation is 2. The second kappa shape index (κ2) is 6.90. The molecule has 0 aliphatic carbocycles. The van der Waals surface area contributed by atoms with Crippen LogP contribution in [-0.2, 0) is 6.54 Å². The smallest absolute Gasteiger partial charge is 0.251 e. The summed E-state index contributed by atoms with van der Waals surface area (Å²) in [5.41, 5.74) is 10.5. The maximum absolute atomic E-state index is 12.9. The van der Waals surface area contributed by atoms with Crippen LogP contribution in [0.3, 0.4) is 0 Å². The molecule has 0 spiro atoms. The average molecular weight is 403 g/mol. The minimum Gasteiger partial charge on any atom is -0.384 e. The molecule has 2 aliphatic rings. The molecule has 5 rings (SSSR count). The minimum absolute atomic E-state index is 0.0211. The molecule has 0 saturated carbocycles. The predicted molar refractivity (Wildman–Crippen MR) is 115 cm³/mol. The quantitative estimate of drug-likeness (QED) is 0.700. The van der Waals surface area contributed by atoms with Crippen molar-refractivity contribution in [2.45, 2.75) is 39.7 Å². The van der Waals surface area contributed by atoms with E-state index < -0.39 is 0 Å². The van der Waals surface area contributed by atoms with E-state index in [1.54, 1.807) is 12.1 Å². The van der Waals surface area contributed by atoms with E-state index in [9.17, 15) is 4.79 Å². The first kappa shape index (κ1) is 18.7. The van der Waals surface area contributed by atoms with Crippen molar-refractivity contribution in [3.05, 3.63) is 57.7 Å². The van der Waals surface area contributed by atoms with Gasteiger partial charge in [-0.15, -0.1) is 0 Å². The number of pyridine rings is 1. The van der Waals surface area contributed by atoms with E-state index in [4.69, 9.17) is 10.7 Å². The molecule has 2 N–H and O–H groups in total. The SMILES string of the molecule is Cc1nc(C)c(C)c(N2C[C@@H]3C[C@H](C2)c2cc(-c4cc(N)ncn4)cc(=O)n2C3)n1. The molecule has 30 heavy (non-hydrogen) atoms. The third-order valence-electron chi connectivity index (χ3n) is 6.32. The Morgan fingerprint density at radius 1 is 1.03 bits per heavy atom. The highest BCUT2D eigenvalue weighted by molar-refractivity contribution is 5.62. The molecule has 3 aromatic heterocycles. The van der Waals surface area contributed by atoms with Gasteiger partial charge in [-0.1, -0.05) is 0 Å². The lowest BCUT2D eigenvalue weighted by Gasteiger charge is -2.43. The van der Waals surface area contributed by atoms with Crippen LogP contribution in [-0.4, -0.2) is 37.6 Å². The molecule has 2 bridgehead atoms. The van der Waals surface area contributed by atoms with Crippen molar-refractivity contribution in [3.8, 4) is 11.3 Å². The fraction of sp³-hybridized carbons (Fsp3) is 0.409. The molecular formula is C22H25N7O. The maximum atomic E-state index is 12.9. The van der Waals surface area contributed by atoms with Gasteiger partial charge in [-0.05, 0) is 39.2 Å². The van der Waals surface area contributed by atoms with Crippen LogP contribution in [0.4, 0.5) is 11.6 Å². The summed E-state index contributed by atoms with van der Waals surface area (Å²) in [6.45, 7) is 8.54. The average Bonchev–Trinajstić information content (AvgIpc) is 2.71. The highest BCUT2D eigenvalue weighted by Crippen LogP contribution is 2.38. The van der Waals surface area contributed by atoms with Gasteiger partial charge in [0, 0.05) is 60.2 Å². The van der Waals surface area contributed by atoms with E-state index in [2.05, 4.69) is 32.8 Å². The van der Waals surface area contributed by atoms with Crippen LogP contribution in [0, 0.1) is 26.7 Å². The third kappa shape index (κ3) is 3.12. The molecule has 5 heterocycles. The van der Waals surface area contributed by atoms with Crippen LogP contribution in [0.15, 0.2) is 29.3 Å². The summed E-state index contributed by atoms with van der Waals surface area (Å²) < 4.78 is 1.94. The molecule has 0 unspecified atom stereocenters. The fourth-order valence-corrected chi connectivity index (χ4v) is 4.87. The maximum Gasteiger partial charge on any atom is 0.251 e. The number of nitrogens with two attached hydrogens (primary N) is 1. The number of hydrogen-bond acceptors (Lipinski definition) is 7. The first-order valence-electron chi connectivity index (χ1n) is 10.3. The lowest BCUT2D eigenvalue weighted by atomic mass is 9.82. The molecule has 1 saturated heterocycles.